The first kappa shape index (κ1) is 49.5. The van der Waals surface area contributed by atoms with Crippen molar-refractivity contribution in [2.24, 2.45) is 11.8 Å². The van der Waals surface area contributed by atoms with Gasteiger partial charge in [-0.05, 0) is 159 Å². The zero-order valence-electron chi connectivity index (χ0n) is 40.1. The van der Waals surface area contributed by atoms with E-state index in [-0.39, 0.29) is 30.1 Å². The molecule has 1 spiro atoms. The zero-order valence-corrected chi connectivity index (χ0v) is 40.8. The van der Waals surface area contributed by atoms with Crippen LogP contribution in [0.4, 0.5) is 14.5 Å². The van der Waals surface area contributed by atoms with Crippen molar-refractivity contribution in [2.45, 2.75) is 127 Å². The van der Waals surface area contributed by atoms with Crippen LogP contribution in [-0.2, 0) is 34.3 Å². The first-order chi connectivity index (χ1) is 32.7. The highest BCUT2D eigenvalue weighted by molar-refractivity contribution is 6.30. The number of aliphatic carboxylic acids is 1. The van der Waals surface area contributed by atoms with Crippen molar-refractivity contribution in [1.82, 2.24) is 14.8 Å². The van der Waals surface area contributed by atoms with E-state index in [4.69, 9.17) is 25.8 Å². The number of carbonyl (C=O) groups excluding carboxylic acids is 1. The molecule has 4 aromatic rings. The Morgan fingerprint density at radius 1 is 0.956 bits per heavy atom. The van der Waals surface area contributed by atoms with E-state index in [9.17, 15) is 23.5 Å². The number of pyridine rings is 1. The monoisotopic (exact) mass is 954 g/mol. The molecule has 2 heterocycles. The number of piperidine rings is 1. The summed E-state index contributed by atoms with van der Waals surface area (Å²) in [6.07, 6.45) is 10.8. The highest BCUT2D eigenvalue weighted by Gasteiger charge is 2.54. The van der Waals surface area contributed by atoms with E-state index >= 15 is 0 Å². The molecular formula is C55H69ClF2N4O6. The Kier molecular flexibility index (Phi) is 15.9. The van der Waals surface area contributed by atoms with Gasteiger partial charge in [-0.25, -0.2) is 13.6 Å². The molecule has 2 fully saturated rings. The van der Waals surface area contributed by atoms with Gasteiger partial charge in [0.25, 0.3) is 5.92 Å². The number of carboxylic acid groups (broad SMARTS) is 1. The average Bonchev–Trinajstić information content (AvgIpc) is 3.61. The number of likely N-dealkylation sites (N-methyl/N-ethyl adjacent to an activating group) is 1. The minimum atomic E-state index is -2.56. The zero-order chi connectivity index (χ0) is 47.9. The Labute approximate surface area is 406 Å². The lowest BCUT2D eigenvalue weighted by Gasteiger charge is -2.47. The largest absolute Gasteiger partial charge is 0.494 e. The topological polar surface area (TPSA) is 113 Å². The summed E-state index contributed by atoms with van der Waals surface area (Å²) in [6, 6.07) is 23.6. The molecule has 3 atom stereocenters. The molecule has 1 aromatic heterocycles. The van der Waals surface area contributed by atoms with Gasteiger partial charge in [-0.2, -0.15) is 0 Å². The molecule has 13 heteroatoms. The quantitative estimate of drug-likeness (QED) is 0.0836. The summed E-state index contributed by atoms with van der Waals surface area (Å²) < 4.78 is 46.0. The molecule has 2 N–H and O–H groups in total. The van der Waals surface area contributed by atoms with Crippen molar-refractivity contribution in [3.8, 4) is 17.2 Å². The van der Waals surface area contributed by atoms with Gasteiger partial charge in [0.05, 0.1) is 13.2 Å². The first-order valence-electron chi connectivity index (χ1n) is 24.9. The molecule has 1 amide bonds. The summed E-state index contributed by atoms with van der Waals surface area (Å²) in [6.45, 7) is 7.91. The van der Waals surface area contributed by atoms with Crippen LogP contribution in [0.1, 0.15) is 118 Å². The summed E-state index contributed by atoms with van der Waals surface area (Å²) in [7, 11) is 1.83. The number of nitrogens with zero attached hydrogens (tertiary/aromatic N) is 3. The second-order valence-corrected chi connectivity index (χ2v) is 20.7. The van der Waals surface area contributed by atoms with Gasteiger partial charge in [0.2, 0.25) is 5.91 Å². The molecule has 4 aliphatic rings. The van der Waals surface area contributed by atoms with Gasteiger partial charge in [0.1, 0.15) is 29.4 Å². The summed E-state index contributed by atoms with van der Waals surface area (Å²) in [5.74, 6) is 0.0890. The third kappa shape index (κ3) is 11.9. The number of carboxylic acids is 1. The molecule has 10 nitrogen and oxygen atoms in total. The molecule has 1 saturated carbocycles. The minimum absolute atomic E-state index is 0.0517. The number of carbonyl (C=O) groups is 2. The highest BCUT2D eigenvalue weighted by atomic mass is 35.5. The number of nitrogens with one attached hydrogen (secondary N) is 1. The Bertz CT molecular complexity index is 2360. The summed E-state index contributed by atoms with van der Waals surface area (Å²) in [5, 5.41) is 14.7. The Morgan fingerprint density at radius 2 is 1.72 bits per heavy atom. The standard InChI is InChI=1S/C55H69ClF2N4O6/c1-38(37-68-49-17-25-59-48-13-4-8-39(2)51(48)49)32-42-34-41-15-16-46(36-47(41)53(42)19-21-54(22-20-53,52(64)65)60-44-11-6-10-43(56)35-44)66-30-7-14-50(63)61(3)26-18-40-9-5-12-45(33-40)67-31-29-62-27-23-55(57,58)24-28-62/h5-6,9-12,15-17,25,33,35-36,38-39,42,60H,4,7-8,13-14,18-24,26-32,34,37H2,1-3H3,(H,64,65)/t38-,39-,42+,53?,54?/m1/s1. The van der Waals surface area contributed by atoms with Crippen LogP contribution in [0.2, 0.25) is 5.02 Å². The van der Waals surface area contributed by atoms with E-state index in [1.165, 1.54) is 16.7 Å². The van der Waals surface area contributed by atoms with E-state index in [1.54, 1.807) is 17.0 Å². The average molecular weight is 956 g/mol. The number of anilines is 1. The van der Waals surface area contributed by atoms with E-state index in [0.717, 1.165) is 60.6 Å². The number of likely N-dealkylation sites (tertiary alicyclic amines) is 1. The normalized spacial score (nSPS) is 23.6. The fraction of sp³-hybridized carbons (Fsp3) is 0.545. The number of aryl methyl sites for hydroxylation is 1. The Morgan fingerprint density at radius 3 is 2.50 bits per heavy atom. The van der Waals surface area contributed by atoms with Crippen LogP contribution in [0, 0.1) is 11.8 Å². The number of ether oxygens (including phenoxy) is 3. The van der Waals surface area contributed by atoms with Gasteiger partial charge in [0.15, 0.2) is 0 Å². The molecule has 0 bridgehead atoms. The fourth-order valence-corrected chi connectivity index (χ4v) is 11.6. The number of amides is 1. The van der Waals surface area contributed by atoms with Gasteiger partial charge in [-0.3, -0.25) is 14.7 Å². The summed E-state index contributed by atoms with van der Waals surface area (Å²) in [4.78, 5) is 34.8. The number of hydrogen-bond acceptors (Lipinski definition) is 8. The molecule has 3 aromatic carbocycles. The maximum atomic E-state index is 13.5. The molecule has 3 aliphatic carbocycles. The van der Waals surface area contributed by atoms with Crippen LogP contribution in [-0.4, -0.2) is 96.3 Å². The molecule has 8 rings (SSSR count). The summed E-state index contributed by atoms with van der Waals surface area (Å²) in [5.41, 5.74) is 5.38. The van der Waals surface area contributed by atoms with Crippen LogP contribution in [0.25, 0.3) is 0 Å². The van der Waals surface area contributed by atoms with E-state index in [0.29, 0.717) is 113 Å². The van der Waals surface area contributed by atoms with Crippen molar-refractivity contribution in [3.63, 3.8) is 0 Å². The molecule has 0 unspecified atom stereocenters. The maximum Gasteiger partial charge on any atom is 0.329 e. The number of benzene rings is 3. The predicted molar refractivity (Wildman–Crippen MR) is 263 cm³/mol. The van der Waals surface area contributed by atoms with Crippen molar-refractivity contribution >= 4 is 29.2 Å². The van der Waals surface area contributed by atoms with Gasteiger partial charge in [0, 0.05) is 80.7 Å². The predicted octanol–water partition coefficient (Wildman–Crippen LogP) is 11.2. The molecule has 1 aliphatic heterocycles. The van der Waals surface area contributed by atoms with Crippen LogP contribution in [0.5, 0.6) is 17.2 Å². The SMILES string of the molecule is C[C@@H](COc1ccnc2c1[C@H](C)CCC2)C[C@H]1Cc2ccc(OCCCC(=O)N(C)CCc3cccc(OCCN4CCC(F)(F)CC4)c3)cc2C12CCC(Nc1cccc(Cl)c1)(C(=O)O)CC2. The van der Waals surface area contributed by atoms with Gasteiger partial charge < -0.3 is 29.5 Å². The Hall–Kier alpha value is -4.94. The molecule has 366 valence electrons. The molecule has 0 radical (unpaired) electrons. The van der Waals surface area contributed by atoms with Crippen LogP contribution >= 0.6 is 11.6 Å². The van der Waals surface area contributed by atoms with Gasteiger partial charge in [-0.15, -0.1) is 0 Å². The number of fused-ring (bicyclic) bond motifs is 3. The second kappa shape index (κ2) is 21.8. The van der Waals surface area contributed by atoms with Crippen molar-refractivity contribution in [2.75, 3.05) is 58.4 Å². The number of aromatic nitrogens is 1. The van der Waals surface area contributed by atoms with E-state index in [1.807, 2.05) is 66.7 Å². The van der Waals surface area contributed by atoms with E-state index in [2.05, 4.69) is 36.3 Å². The number of halogens is 3. The van der Waals surface area contributed by atoms with Gasteiger partial charge >= 0.3 is 5.97 Å². The lowest BCUT2D eigenvalue weighted by atomic mass is 9.59. The van der Waals surface area contributed by atoms with Crippen LogP contribution in [0.15, 0.2) is 79.0 Å². The lowest BCUT2D eigenvalue weighted by molar-refractivity contribution is -0.144. The first-order valence-corrected chi connectivity index (χ1v) is 25.3. The smallest absolute Gasteiger partial charge is 0.329 e. The van der Waals surface area contributed by atoms with Gasteiger partial charge in [-0.1, -0.05) is 49.7 Å². The lowest BCUT2D eigenvalue weighted by Crippen LogP contribution is -2.53. The summed E-state index contributed by atoms with van der Waals surface area (Å²) >= 11 is 6.33. The molecular weight excluding hydrogens is 886 g/mol. The number of hydrogen-bond donors (Lipinski definition) is 2. The highest BCUT2D eigenvalue weighted by Crippen LogP contribution is 2.57. The fourth-order valence-electron chi connectivity index (χ4n) is 11.4. The van der Waals surface area contributed by atoms with Crippen LogP contribution in [0.3, 0.4) is 0 Å². The third-order valence-electron chi connectivity index (χ3n) is 15.4. The van der Waals surface area contributed by atoms with Crippen LogP contribution < -0.4 is 19.5 Å². The molecule has 1 saturated heterocycles. The maximum absolute atomic E-state index is 13.5. The molecule has 68 heavy (non-hydrogen) atoms. The van der Waals surface area contributed by atoms with E-state index < -0.39 is 17.4 Å². The van der Waals surface area contributed by atoms with Crippen molar-refractivity contribution in [3.05, 3.63) is 112 Å². The number of alkyl halides is 2. The third-order valence-corrected chi connectivity index (χ3v) is 15.6. The Balaban J connectivity index is 0.867. The number of rotatable bonds is 20. The van der Waals surface area contributed by atoms with Crippen molar-refractivity contribution in [1.29, 1.82) is 0 Å². The minimum Gasteiger partial charge on any atom is -0.494 e. The second-order valence-electron chi connectivity index (χ2n) is 20.2. The van der Waals surface area contributed by atoms with Crippen molar-refractivity contribution < 1.29 is 37.7 Å².